The lowest BCUT2D eigenvalue weighted by Crippen LogP contribution is -2.21. The summed E-state index contributed by atoms with van der Waals surface area (Å²) in [5.74, 6) is 2.32. The maximum atomic E-state index is 12.2. The first-order valence-corrected chi connectivity index (χ1v) is 34.2. The third kappa shape index (κ3) is 21.4. The zero-order chi connectivity index (χ0) is 64.2. The molecule has 0 spiro atoms. The van der Waals surface area contributed by atoms with Gasteiger partial charge in [-0.1, -0.05) is 38.5 Å². The number of para-hydroxylation sites is 1. The fourth-order valence-corrected chi connectivity index (χ4v) is 12.4. The molecular formula is C70H76N4O13S4. The van der Waals surface area contributed by atoms with Crippen molar-refractivity contribution in [1.29, 1.82) is 0 Å². The number of ether oxygens (including phenoxy) is 9. The minimum absolute atomic E-state index is 0.0307. The second-order valence-electron chi connectivity index (χ2n) is 20.4. The Morgan fingerprint density at radius 3 is 1.20 bits per heavy atom. The Kier molecular flexibility index (Phi) is 27.5. The summed E-state index contributed by atoms with van der Waals surface area (Å²) in [7, 11) is 0. The maximum Gasteiger partial charge on any atom is 0.363 e. The van der Waals surface area contributed by atoms with Crippen molar-refractivity contribution in [3.05, 3.63) is 172 Å². The molecule has 1 atom stereocenters. The minimum atomic E-state index is -0.454. The van der Waals surface area contributed by atoms with Crippen molar-refractivity contribution in [1.82, 2.24) is 19.9 Å². The number of hydrogen-bond donors (Lipinski definition) is 0. The lowest BCUT2D eigenvalue weighted by molar-refractivity contribution is 0.0156. The molecule has 21 heteroatoms. The van der Waals surface area contributed by atoms with Gasteiger partial charge in [-0.15, -0.1) is 45.3 Å². The average molecular weight is 1310 g/mol. The number of aromatic nitrogens is 4. The molecule has 17 nitrogen and oxygen atoms in total. The fourth-order valence-electron chi connectivity index (χ4n) is 9.17. The van der Waals surface area contributed by atoms with Crippen molar-refractivity contribution in [3.8, 4) is 71.0 Å². The Labute approximate surface area is 547 Å². The van der Waals surface area contributed by atoms with Crippen molar-refractivity contribution in [2.75, 3.05) is 39.6 Å². The van der Waals surface area contributed by atoms with E-state index in [0.717, 1.165) is 123 Å². The summed E-state index contributed by atoms with van der Waals surface area (Å²) in [6, 6.07) is 39.7. The second-order valence-corrected chi connectivity index (χ2v) is 23.9. The van der Waals surface area contributed by atoms with Crippen LogP contribution < -0.4 is 23.7 Å². The highest BCUT2D eigenvalue weighted by atomic mass is 32.1. The Balaban J connectivity index is 0.000000156. The number of carbonyl (C=O) groups excluding carboxylic acids is 4. The van der Waals surface area contributed by atoms with Crippen LogP contribution in [0.4, 0.5) is 0 Å². The van der Waals surface area contributed by atoms with Gasteiger partial charge in [0.1, 0.15) is 67.6 Å². The largest absolute Gasteiger partial charge is 0.494 e. The van der Waals surface area contributed by atoms with Crippen LogP contribution in [0.5, 0.6) is 28.7 Å². The quantitative estimate of drug-likeness (QED) is 0.0332. The van der Waals surface area contributed by atoms with Crippen LogP contribution in [0, 0.1) is 0 Å². The molecule has 0 radical (unpaired) electrons. The third-order valence-corrected chi connectivity index (χ3v) is 17.5. The number of carbonyl (C=O) groups is 4. The zero-order valence-corrected chi connectivity index (χ0v) is 55.3. The Hall–Kier alpha value is -8.34. The number of nitrogens with zero attached hydrogens (tertiary/aromatic N) is 4. The molecule has 91 heavy (non-hydrogen) atoms. The highest BCUT2D eigenvalue weighted by Crippen LogP contribution is 2.31. The molecule has 11 rings (SSSR count). The molecule has 1 unspecified atom stereocenters. The van der Waals surface area contributed by atoms with E-state index < -0.39 is 11.9 Å². The first-order valence-electron chi connectivity index (χ1n) is 30.7. The van der Waals surface area contributed by atoms with Crippen molar-refractivity contribution in [2.24, 2.45) is 0 Å². The van der Waals surface area contributed by atoms with Gasteiger partial charge in [-0.3, -0.25) is 0 Å². The van der Waals surface area contributed by atoms with Gasteiger partial charge in [-0.25, -0.2) is 39.1 Å². The van der Waals surface area contributed by atoms with Crippen LogP contribution in [0.25, 0.3) is 42.3 Å². The van der Waals surface area contributed by atoms with Gasteiger partial charge in [-0.05, 0) is 188 Å². The summed E-state index contributed by atoms with van der Waals surface area (Å²) in [5.41, 5.74) is 5.28. The lowest BCUT2D eigenvalue weighted by atomic mass is 9.98. The first kappa shape index (κ1) is 68.6. The molecular weight excluding hydrogens is 1230 g/mol. The molecule has 4 aromatic heterocycles. The molecule has 478 valence electrons. The van der Waals surface area contributed by atoms with Gasteiger partial charge >= 0.3 is 23.9 Å². The van der Waals surface area contributed by atoms with Gasteiger partial charge < -0.3 is 42.6 Å². The number of esters is 4. The summed E-state index contributed by atoms with van der Waals surface area (Å²) in [5, 5.41) is 10.1. The molecule has 2 aliphatic rings. The van der Waals surface area contributed by atoms with E-state index in [1.54, 1.807) is 33.7 Å². The molecule has 0 bridgehead atoms. The summed E-state index contributed by atoms with van der Waals surface area (Å²) < 4.78 is 48.7. The second kappa shape index (κ2) is 36.5. The highest BCUT2D eigenvalue weighted by Gasteiger charge is 2.23. The van der Waals surface area contributed by atoms with E-state index in [2.05, 4.69) is 19.9 Å². The predicted octanol–water partition coefficient (Wildman–Crippen LogP) is 17.2. The predicted molar refractivity (Wildman–Crippen MR) is 358 cm³/mol. The number of benzene rings is 5. The van der Waals surface area contributed by atoms with Crippen molar-refractivity contribution in [3.63, 3.8) is 0 Å². The molecule has 2 fully saturated rings. The van der Waals surface area contributed by atoms with Crippen LogP contribution in [0.3, 0.4) is 0 Å². The maximum absolute atomic E-state index is 12.2. The van der Waals surface area contributed by atoms with Crippen LogP contribution in [0.2, 0.25) is 0 Å². The van der Waals surface area contributed by atoms with Crippen LogP contribution in [-0.4, -0.2) is 102 Å². The first-order chi connectivity index (χ1) is 44.4. The molecule has 5 aromatic carbocycles. The molecule has 1 saturated heterocycles. The number of hydrogen-bond acceptors (Lipinski definition) is 21. The SMILES string of the molecule is CCOc1ccc(-c2nc(C(=O)OC(CC)CC)cs2)cc1.CCOc1ccc(-c2nc(C(=O)OC3CCCCC3)cs2)cc1.CCOc1ccc(-c2nc(C(=O)OCC3CCCO3)cs2)cc1.CCOc1ccc(-c2nc(C(=O)Oc3ccccc3)cs2)cc1. The lowest BCUT2D eigenvalue weighted by Gasteiger charge is -2.21. The summed E-state index contributed by atoms with van der Waals surface area (Å²) in [6.45, 7) is 15.4. The summed E-state index contributed by atoms with van der Waals surface area (Å²) in [4.78, 5) is 65.9. The van der Waals surface area contributed by atoms with E-state index in [0.29, 0.717) is 61.6 Å². The van der Waals surface area contributed by atoms with E-state index in [9.17, 15) is 19.2 Å². The van der Waals surface area contributed by atoms with Gasteiger partial charge in [0.2, 0.25) is 0 Å². The topological polar surface area (TPSA) is 203 Å². The molecule has 1 aliphatic carbocycles. The zero-order valence-electron chi connectivity index (χ0n) is 52.0. The Morgan fingerprint density at radius 2 is 0.824 bits per heavy atom. The van der Waals surface area contributed by atoms with Gasteiger partial charge in [0.15, 0.2) is 22.8 Å². The van der Waals surface area contributed by atoms with E-state index >= 15 is 0 Å². The molecule has 1 aliphatic heterocycles. The summed E-state index contributed by atoms with van der Waals surface area (Å²) in [6.07, 6.45) is 9.14. The van der Waals surface area contributed by atoms with Crippen molar-refractivity contribution < 1.29 is 61.8 Å². The van der Waals surface area contributed by atoms with Gasteiger partial charge in [0.25, 0.3) is 0 Å². The molecule has 1 saturated carbocycles. The van der Waals surface area contributed by atoms with Crippen molar-refractivity contribution >= 4 is 69.2 Å². The smallest absolute Gasteiger partial charge is 0.363 e. The van der Waals surface area contributed by atoms with E-state index in [1.807, 2.05) is 157 Å². The van der Waals surface area contributed by atoms with Gasteiger partial charge in [0.05, 0.1) is 32.5 Å². The standard InChI is InChI=1S/C18H21NO3S.C18H15NO3S.C17H19NO4S.C17H21NO3S/c2*1-2-21-14-10-8-13(9-11-14)17-19-16(12-23-17)18(20)22-15-6-4-3-5-7-15;1-2-20-13-7-5-12(6-8-13)16-18-15(11-23-16)17(19)22-10-14-4-3-9-21-14;1-4-13(5-2)21-17(19)15-11-22-16(18-15)12-7-9-14(10-8-12)20-6-3/h8-12,15H,2-7H2,1H3;3-12H,2H2,1H3;5-8,11,14H,2-4,9-10H2,1H3;7-11,13H,4-6H2,1-3H3. The average Bonchev–Trinajstić information content (AvgIpc) is 3.95. The van der Waals surface area contributed by atoms with Crippen LogP contribution in [0.1, 0.15) is 141 Å². The van der Waals surface area contributed by atoms with E-state index in [-0.39, 0.29) is 30.3 Å². The molecule has 0 amide bonds. The van der Waals surface area contributed by atoms with E-state index in [1.165, 1.54) is 51.8 Å². The molecule has 9 aromatic rings. The van der Waals surface area contributed by atoms with E-state index in [4.69, 9.17) is 42.6 Å². The Morgan fingerprint density at radius 1 is 0.440 bits per heavy atom. The fraction of sp³-hybridized carbons (Fsp3) is 0.343. The Bertz CT molecular complexity index is 3630. The highest BCUT2D eigenvalue weighted by molar-refractivity contribution is 7.14. The van der Waals surface area contributed by atoms with Crippen LogP contribution in [-0.2, 0) is 18.9 Å². The third-order valence-electron chi connectivity index (χ3n) is 13.9. The number of thiazole rings is 4. The van der Waals surface area contributed by atoms with Gasteiger partial charge in [-0.2, -0.15) is 0 Å². The monoisotopic (exact) mass is 1310 g/mol. The van der Waals surface area contributed by atoms with Gasteiger partial charge in [0, 0.05) is 50.4 Å². The molecule has 0 N–H and O–H groups in total. The van der Waals surface area contributed by atoms with Crippen molar-refractivity contribution in [2.45, 2.75) is 118 Å². The summed E-state index contributed by atoms with van der Waals surface area (Å²) >= 11 is 5.73. The minimum Gasteiger partial charge on any atom is -0.494 e. The molecule has 5 heterocycles. The normalized spacial score (nSPS) is 13.4. The number of rotatable bonds is 23. The van der Waals surface area contributed by atoms with Crippen LogP contribution >= 0.6 is 45.3 Å². The van der Waals surface area contributed by atoms with Crippen LogP contribution in [0.15, 0.2) is 149 Å².